The number of hydrogen-bond donors (Lipinski definition) is 2. The van der Waals surface area contributed by atoms with Crippen molar-refractivity contribution in [2.24, 2.45) is 5.84 Å². The van der Waals surface area contributed by atoms with E-state index in [9.17, 15) is 0 Å². The number of thiophene rings is 1. The van der Waals surface area contributed by atoms with Crippen molar-refractivity contribution >= 4 is 17.2 Å². The van der Waals surface area contributed by atoms with Gasteiger partial charge >= 0.3 is 0 Å². The van der Waals surface area contributed by atoms with Crippen molar-refractivity contribution in [3.8, 4) is 0 Å². The molecule has 0 amide bonds. The highest BCUT2D eigenvalue weighted by atomic mass is 32.1. The highest BCUT2D eigenvalue weighted by molar-refractivity contribution is 7.10. The van der Waals surface area contributed by atoms with Crippen LogP contribution in [0.1, 0.15) is 23.4 Å². The lowest BCUT2D eigenvalue weighted by Gasteiger charge is -2.23. The Hall–Kier alpha value is -1.43. The molecule has 0 saturated heterocycles. The highest BCUT2D eigenvalue weighted by Gasteiger charge is 2.12. The lowest BCUT2D eigenvalue weighted by Crippen LogP contribution is -2.21. The van der Waals surface area contributed by atoms with E-state index in [4.69, 9.17) is 5.84 Å². The summed E-state index contributed by atoms with van der Waals surface area (Å²) in [6.45, 7) is 3.09. The summed E-state index contributed by atoms with van der Waals surface area (Å²) in [5.74, 6) is 6.06. The molecule has 0 aromatic carbocycles. The van der Waals surface area contributed by atoms with Gasteiger partial charge in [-0.15, -0.1) is 11.3 Å². The topological polar surface area (TPSA) is 54.2 Å². The van der Waals surface area contributed by atoms with Crippen LogP contribution in [0.4, 0.5) is 5.82 Å². The van der Waals surface area contributed by atoms with E-state index < -0.39 is 0 Å². The van der Waals surface area contributed by atoms with Crippen LogP contribution >= 0.6 is 11.3 Å². The van der Waals surface area contributed by atoms with Crippen molar-refractivity contribution in [3.63, 3.8) is 0 Å². The maximum absolute atomic E-state index is 5.36. The average molecular weight is 262 g/mol. The summed E-state index contributed by atoms with van der Waals surface area (Å²) >= 11 is 1.79. The molecule has 4 nitrogen and oxygen atoms in total. The van der Waals surface area contributed by atoms with Gasteiger partial charge in [0.15, 0.2) is 0 Å². The van der Waals surface area contributed by atoms with Crippen LogP contribution in [0.3, 0.4) is 0 Å². The Morgan fingerprint density at radius 1 is 1.50 bits per heavy atom. The number of nitrogens with two attached hydrogens (primary N) is 1. The normalized spacial score (nSPS) is 12.7. The predicted molar refractivity (Wildman–Crippen MR) is 76.2 cm³/mol. The minimum Gasteiger partial charge on any atom is -0.308 e. The number of pyridine rings is 1. The fourth-order valence-corrected chi connectivity index (χ4v) is 2.67. The summed E-state index contributed by atoms with van der Waals surface area (Å²) in [4.78, 5) is 7.79. The van der Waals surface area contributed by atoms with E-state index in [2.05, 4.69) is 46.8 Å². The first-order chi connectivity index (χ1) is 8.70. The van der Waals surface area contributed by atoms with Gasteiger partial charge in [-0.05, 0) is 43.1 Å². The van der Waals surface area contributed by atoms with Gasteiger partial charge in [0, 0.05) is 23.7 Å². The lowest BCUT2D eigenvalue weighted by atomic mass is 10.2. The van der Waals surface area contributed by atoms with Crippen molar-refractivity contribution in [2.75, 3.05) is 12.5 Å². The van der Waals surface area contributed by atoms with E-state index in [-0.39, 0.29) is 0 Å². The van der Waals surface area contributed by atoms with E-state index in [0.29, 0.717) is 11.9 Å². The highest BCUT2D eigenvalue weighted by Crippen LogP contribution is 2.24. The van der Waals surface area contributed by atoms with Crippen LogP contribution in [0.2, 0.25) is 0 Å². The standard InChI is InChI=1S/C13H18N4S/c1-10(12-4-3-7-18-12)17(2)9-11-5-6-15-13(8-11)16-14/h3-8,10H,9,14H2,1-2H3,(H,15,16). The number of hydrogen-bond acceptors (Lipinski definition) is 5. The first-order valence-corrected chi connectivity index (χ1v) is 6.74. The van der Waals surface area contributed by atoms with Crippen molar-refractivity contribution in [3.05, 3.63) is 46.3 Å². The molecule has 0 aliphatic carbocycles. The molecule has 18 heavy (non-hydrogen) atoms. The Bertz CT molecular complexity index is 483. The number of nitrogens with zero attached hydrogens (tertiary/aromatic N) is 2. The largest absolute Gasteiger partial charge is 0.308 e. The monoisotopic (exact) mass is 262 g/mol. The Kier molecular flexibility index (Phi) is 4.30. The lowest BCUT2D eigenvalue weighted by molar-refractivity contribution is 0.256. The third-order valence-electron chi connectivity index (χ3n) is 3.02. The molecule has 0 radical (unpaired) electrons. The number of aromatic nitrogens is 1. The molecule has 3 N–H and O–H groups in total. The molecule has 0 bridgehead atoms. The molecule has 0 fully saturated rings. The van der Waals surface area contributed by atoms with Crippen molar-refractivity contribution in [1.82, 2.24) is 9.88 Å². The maximum Gasteiger partial charge on any atom is 0.140 e. The SMILES string of the molecule is CC(c1cccs1)N(C)Cc1ccnc(NN)c1. The zero-order valence-electron chi connectivity index (χ0n) is 10.6. The van der Waals surface area contributed by atoms with E-state index in [1.54, 1.807) is 17.5 Å². The third-order valence-corrected chi connectivity index (χ3v) is 4.06. The molecule has 96 valence electrons. The number of nitrogens with one attached hydrogen (secondary N) is 1. The zero-order valence-corrected chi connectivity index (χ0v) is 11.4. The quantitative estimate of drug-likeness (QED) is 0.642. The molecule has 2 aromatic heterocycles. The van der Waals surface area contributed by atoms with E-state index in [1.807, 2.05) is 12.1 Å². The summed E-state index contributed by atoms with van der Waals surface area (Å²) in [6.07, 6.45) is 1.77. The van der Waals surface area contributed by atoms with Gasteiger partial charge in [-0.2, -0.15) is 0 Å². The smallest absolute Gasteiger partial charge is 0.140 e. The van der Waals surface area contributed by atoms with Crippen LogP contribution in [0.15, 0.2) is 35.8 Å². The summed E-state index contributed by atoms with van der Waals surface area (Å²) < 4.78 is 0. The van der Waals surface area contributed by atoms with E-state index in [0.717, 1.165) is 6.54 Å². The molecule has 1 unspecified atom stereocenters. The molecule has 0 aliphatic heterocycles. The number of nitrogen functional groups attached to an aromatic ring is 1. The molecule has 1 atom stereocenters. The van der Waals surface area contributed by atoms with Crippen LogP contribution in [-0.4, -0.2) is 16.9 Å². The van der Waals surface area contributed by atoms with Crippen molar-refractivity contribution in [1.29, 1.82) is 0 Å². The summed E-state index contributed by atoms with van der Waals surface area (Å²) in [7, 11) is 2.13. The Balaban J connectivity index is 2.04. The molecule has 2 aromatic rings. The Morgan fingerprint density at radius 3 is 3.00 bits per heavy atom. The van der Waals surface area contributed by atoms with Gasteiger partial charge in [0.05, 0.1) is 0 Å². The summed E-state index contributed by atoms with van der Waals surface area (Å²) in [5, 5.41) is 2.11. The first kappa shape index (κ1) is 13.0. The van der Waals surface area contributed by atoms with Crippen LogP contribution in [0.25, 0.3) is 0 Å². The predicted octanol–water partition coefficient (Wildman–Crippen LogP) is 2.62. The third kappa shape index (κ3) is 3.07. The minimum absolute atomic E-state index is 0.410. The van der Waals surface area contributed by atoms with Gasteiger partial charge in [0.1, 0.15) is 5.82 Å². The van der Waals surface area contributed by atoms with Gasteiger partial charge in [-0.3, -0.25) is 4.90 Å². The maximum atomic E-state index is 5.36. The van der Waals surface area contributed by atoms with E-state index >= 15 is 0 Å². The fraction of sp³-hybridized carbons (Fsp3) is 0.308. The number of rotatable bonds is 5. The molecule has 0 aliphatic rings. The van der Waals surface area contributed by atoms with Gasteiger partial charge in [0.2, 0.25) is 0 Å². The zero-order chi connectivity index (χ0) is 13.0. The van der Waals surface area contributed by atoms with Crippen molar-refractivity contribution in [2.45, 2.75) is 19.5 Å². The van der Waals surface area contributed by atoms with Crippen LogP contribution in [0.5, 0.6) is 0 Å². The second kappa shape index (κ2) is 5.95. The van der Waals surface area contributed by atoms with Crippen LogP contribution < -0.4 is 11.3 Å². The first-order valence-electron chi connectivity index (χ1n) is 5.86. The van der Waals surface area contributed by atoms with Gasteiger partial charge in [0.25, 0.3) is 0 Å². The molecule has 0 spiro atoms. The average Bonchev–Trinajstić information content (AvgIpc) is 2.92. The second-order valence-electron chi connectivity index (χ2n) is 4.30. The molecular formula is C13H18N4S. The van der Waals surface area contributed by atoms with Crippen molar-refractivity contribution < 1.29 is 0 Å². The Labute approximate surface area is 111 Å². The van der Waals surface area contributed by atoms with Gasteiger partial charge < -0.3 is 5.43 Å². The number of anilines is 1. The molecule has 5 heteroatoms. The second-order valence-corrected chi connectivity index (χ2v) is 5.28. The van der Waals surface area contributed by atoms with Gasteiger partial charge in [-0.25, -0.2) is 10.8 Å². The number of hydrazine groups is 1. The molecule has 0 saturated carbocycles. The molecule has 2 heterocycles. The van der Waals surface area contributed by atoms with Crippen LogP contribution in [-0.2, 0) is 6.54 Å². The van der Waals surface area contributed by atoms with Gasteiger partial charge in [-0.1, -0.05) is 6.07 Å². The minimum atomic E-state index is 0.410. The van der Waals surface area contributed by atoms with E-state index in [1.165, 1.54) is 10.4 Å². The molecule has 2 rings (SSSR count). The molecular weight excluding hydrogens is 244 g/mol. The summed E-state index contributed by atoms with van der Waals surface area (Å²) in [5.41, 5.74) is 3.77. The fourth-order valence-electron chi connectivity index (χ4n) is 1.82. The van der Waals surface area contributed by atoms with Crippen LogP contribution in [0, 0.1) is 0 Å². The Morgan fingerprint density at radius 2 is 2.33 bits per heavy atom. The summed E-state index contributed by atoms with van der Waals surface area (Å²) in [6, 6.07) is 8.65.